The maximum Gasteiger partial charge on any atom is 0.407 e. The van der Waals surface area contributed by atoms with Crippen LogP contribution in [0.4, 0.5) is 18.0 Å². The van der Waals surface area contributed by atoms with Gasteiger partial charge < -0.3 is 5.11 Å². The lowest BCUT2D eigenvalue weighted by atomic mass is 9.96. The SMILES string of the molecule is C[C@@H]1c2n[nH]c(-c3cc(F)c(F)c(F)c3)c2CCN1C(=O)O. The average molecular weight is 311 g/mol. The summed E-state index contributed by atoms with van der Waals surface area (Å²) in [5, 5.41) is 15.8. The Kier molecular flexibility index (Phi) is 3.31. The summed E-state index contributed by atoms with van der Waals surface area (Å²) in [5.41, 5.74) is 1.72. The van der Waals surface area contributed by atoms with Crippen molar-refractivity contribution in [2.45, 2.75) is 19.4 Å². The van der Waals surface area contributed by atoms with Crippen LogP contribution in [-0.2, 0) is 6.42 Å². The second-order valence-electron chi connectivity index (χ2n) is 5.12. The van der Waals surface area contributed by atoms with Gasteiger partial charge in [-0.05, 0) is 25.5 Å². The van der Waals surface area contributed by atoms with Crippen LogP contribution in [0.5, 0.6) is 0 Å². The minimum Gasteiger partial charge on any atom is -0.465 e. The van der Waals surface area contributed by atoms with Crippen LogP contribution >= 0.6 is 0 Å². The predicted molar refractivity (Wildman–Crippen MR) is 70.7 cm³/mol. The zero-order valence-electron chi connectivity index (χ0n) is 11.5. The Hall–Kier alpha value is -2.51. The fourth-order valence-electron chi connectivity index (χ4n) is 2.75. The molecule has 2 heterocycles. The van der Waals surface area contributed by atoms with Crippen molar-refractivity contribution < 1.29 is 23.1 Å². The Morgan fingerprint density at radius 1 is 1.36 bits per heavy atom. The number of carboxylic acid groups (broad SMARTS) is 1. The number of halogens is 3. The highest BCUT2D eigenvalue weighted by Gasteiger charge is 2.32. The molecule has 1 amide bonds. The van der Waals surface area contributed by atoms with Crippen LogP contribution in [0.1, 0.15) is 24.2 Å². The zero-order valence-corrected chi connectivity index (χ0v) is 11.5. The molecule has 116 valence electrons. The first-order valence-corrected chi connectivity index (χ1v) is 6.61. The summed E-state index contributed by atoms with van der Waals surface area (Å²) in [7, 11) is 0. The number of H-pyrrole nitrogens is 1. The van der Waals surface area contributed by atoms with Gasteiger partial charge in [0, 0.05) is 17.7 Å². The van der Waals surface area contributed by atoms with E-state index in [-0.39, 0.29) is 12.1 Å². The Balaban J connectivity index is 2.06. The third kappa shape index (κ3) is 2.11. The molecule has 1 aliphatic rings. The van der Waals surface area contributed by atoms with Crippen LogP contribution in [0.2, 0.25) is 0 Å². The molecule has 0 bridgehead atoms. The molecule has 2 N–H and O–H groups in total. The molecule has 0 spiro atoms. The van der Waals surface area contributed by atoms with Crippen LogP contribution in [-0.4, -0.2) is 32.8 Å². The van der Waals surface area contributed by atoms with Gasteiger partial charge in [-0.3, -0.25) is 10.00 Å². The zero-order chi connectivity index (χ0) is 16.0. The van der Waals surface area contributed by atoms with Gasteiger partial charge in [-0.25, -0.2) is 18.0 Å². The molecular weight excluding hydrogens is 299 g/mol. The molecule has 8 heteroatoms. The number of benzene rings is 1. The molecule has 0 unspecified atom stereocenters. The van der Waals surface area contributed by atoms with Crippen LogP contribution < -0.4 is 0 Å². The molecule has 1 aromatic carbocycles. The largest absolute Gasteiger partial charge is 0.465 e. The minimum absolute atomic E-state index is 0.140. The summed E-state index contributed by atoms with van der Waals surface area (Å²) in [6.07, 6.45) is -0.695. The molecule has 0 saturated carbocycles. The van der Waals surface area contributed by atoms with Crippen molar-refractivity contribution in [3.05, 3.63) is 40.8 Å². The van der Waals surface area contributed by atoms with Crippen molar-refractivity contribution in [2.24, 2.45) is 0 Å². The number of rotatable bonds is 1. The third-order valence-corrected chi connectivity index (χ3v) is 3.88. The standard InChI is InChI=1S/C14H12F3N3O2/c1-6-12-8(2-3-20(6)14(21)22)13(19-18-12)7-4-9(15)11(17)10(16)5-7/h4-6H,2-3H2,1H3,(H,18,19)(H,21,22)/t6-/m1/s1. The van der Waals surface area contributed by atoms with Crippen molar-refractivity contribution in [3.63, 3.8) is 0 Å². The van der Waals surface area contributed by atoms with Crippen LogP contribution in [0.25, 0.3) is 11.3 Å². The van der Waals surface area contributed by atoms with Gasteiger partial charge in [0.25, 0.3) is 0 Å². The van der Waals surface area contributed by atoms with E-state index in [0.29, 0.717) is 23.4 Å². The number of carbonyl (C=O) groups is 1. The highest BCUT2D eigenvalue weighted by molar-refractivity contribution is 5.69. The summed E-state index contributed by atoms with van der Waals surface area (Å²) < 4.78 is 39.8. The predicted octanol–water partition coefficient (Wildman–Crippen LogP) is 3.09. The fraction of sp³-hybridized carbons (Fsp3) is 0.286. The number of hydrogen-bond donors (Lipinski definition) is 2. The Labute approximate surface area is 123 Å². The number of fused-ring (bicyclic) bond motifs is 1. The quantitative estimate of drug-likeness (QED) is 0.795. The molecule has 0 radical (unpaired) electrons. The molecule has 5 nitrogen and oxygen atoms in total. The number of hydrogen-bond acceptors (Lipinski definition) is 2. The topological polar surface area (TPSA) is 69.2 Å². The highest BCUT2D eigenvalue weighted by atomic mass is 19.2. The van der Waals surface area contributed by atoms with Crippen molar-refractivity contribution in [3.8, 4) is 11.3 Å². The molecule has 3 rings (SSSR count). The van der Waals surface area contributed by atoms with E-state index in [9.17, 15) is 18.0 Å². The van der Waals surface area contributed by atoms with E-state index < -0.39 is 29.6 Å². The van der Waals surface area contributed by atoms with Crippen molar-refractivity contribution >= 4 is 6.09 Å². The lowest BCUT2D eigenvalue weighted by Crippen LogP contribution is -2.37. The molecule has 0 aliphatic carbocycles. The van der Waals surface area contributed by atoms with E-state index in [1.54, 1.807) is 6.92 Å². The summed E-state index contributed by atoms with van der Waals surface area (Å²) in [6.45, 7) is 1.94. The van der Waals surface area contributed by atoms with Gasteiger partial charge >= 0.3 is 6.09 Å². The van der Waals surface area contributed by atoms with E-state index in [1.807, 2.05) is 0 Å². The van der Waals surface area contributed by atoms with Gasteiger partial charge in [0.15, 0.2) is 17.5 Å². The maximum atomic E-state index is 13.4. The second-order valence-corrected chi connectivity index (χ2v) is 5.12. The number of nitrogens with one attached hydrogen (secondary N) is 1. The summed E-state index contributed by atoms with van der Waals surface area (Å²) in [5.74, 6) is -4.09. The number of aromatic nitrogens is 2. The normalized spacial score (nSPS) is 17.5. The number of aromatic amines is 1. The lowest BCUT2D eigenvalue weighted by Gasteiger charge is -2.30. The van der Waals surface area contributed by atoms with E-state index in [2.05, 4.69) is 10.2 Å². The number of nitrogens with zero attached hydrogens (tertiary/aromatic N) is 2. The lowest BCUT2D eigenvalue weighted by molar-refractivity contribution is 0.123. The molecular formula is C14H12F3N3O2. The summed E-state index contributed by atoms with van der Waals surface area (Å²) in [6, 6.07) is 1.31. The average Bonchev–Trinajstić information content (AvgIpc) is 2.89. The molecule has 0 fully saturated rings. The van der Waals surface area contributed by atoms with Crippen molar-refractivity contribution in [1.82, 2.24) is 15.1 Å². The van der Waals surface area contributed by atoms with Crippen LogP contribution in [0.3, 0.4) is 0 Å². The van der Waals surface area contributed by atoms with Gasteiger partial charge in [0.05, 0.1) is 17.4 Å². The molecule has 0 saturated heterocycles. The van der Waals surface area contributed by atoms with Gasteiger partial charge in [-0.2, -0.15) is 5.10 Å². The fourth-order valence-corrected chi connectivity index (χ4v) is 2.75. The highest BCUT2D eigenvalue weighted by Crippen LogP contribution is 2.34. The first kappa shape index (κ1) is 14.4. The molecule has 22 heavy (non-hydrogen) atoms. The van der Waals surface area contributed by atoms with Crippen LogP contribution in [0.15, 0.2) is 12.1 Å². The molecule has 1 aromatic heterocycles. The van der Waals surface area contributed by atoms with Gasteiger partial charge in [-0.15, -0.1) is 0 Å². The molecule has 2 aromatic rings. The minimum atomic E-state index is -1.53. The van der Waals surface area contributed by atoms with Gasteiger partial charge in [0.2, 0.25) is 0 Å². The first-order valence-electron chi connectivity index (χ1n) is 6.61. The summed E-state index contributed by atoms with van der Waals surface area (Å²) >= 11 is 0. The van der Waals surface area contributed by atoms with Gasteiger partial charge in [-0.1, -0.05) is 0 Å². The monoisotopic (exact) mass is 311 g/mol. The molecule has 1 atom stereocenters. The van der Waals surface area contributed by atoms with E-state index in [0.717, 1.165) is 12.1 Å². The smallest absolute Gasteiger partial charge is 0.407 e. The van der Waals surface area contributed by atoms with Gasteiger partial charge in [0.1, 0.15) is 0 Å². The Morgan fingerprint density at radius 3 is 2.59 bits per heavy atom. The van der Waals surface area contributed by atoms with E-state index in [1.165, 1.54) is 4.90 Å². The van der Waals surface area contributed by atoms with Crippen LogP contribution in [0, 0.1) is 17.5 Å². The Morgan fingerprint density at radius 2 is 2.00 bits per heavy atom. The van der Waals surface area contributed by atoms with E-state index >= 15 is 0 Å². The molecule has 1 aliphatic heterocycles. The van der Waals surface area contributed by atoms with E-state index in [4.69, 9.17) is 5.11 Å². The third-order valence-electron chi connectivity index (χ3n) is 3.88. The Bertz CT molecular complexity index is 737. The summed E-state index contributed by atoms with van der Waals surface area (Å²) in [4.78, 5) is 12.4. The first-order chi connectivity index (χ1) is 10.4. The number of amides is 1. The van der Waals surface area contributed by atoms with Crippen molar-refractivity contribution in [1.29, 1.82) is 0 Å². The van der Waals surface area contributed by atoms with Crippen molar-refractivity contribution in [2.75, 3.05) is 6.54 Å². The maximum absolute atomic E-state index is 13.4. The second kappa shape index (κ2) is 5.04.